The van der Waals surface area contributed by atoms with E-state index < -0.39 is 28.4 Å². The predicted molar refractivity (Wildman–Crippen MR) is 169 cm³/mol. The van der Waals surface area contributed by atoms with E-state index in [2.05, 4.69) is 10.2 Å². The number of hydrogen-bond donors (Lipinski definition) is 4. The molecule has 3 aromatic carbocycles. The van der Waals surface area contributed by atoms with Gasteiger partial charge < -0.3 is 25.6 Å². The van der Waals surface area contributed by atoms with E-state index in [0.717, 1.165) is 18.7 Å². The lowest BCUT2D eigenvalue weighted by atomic mass is 10.1. The fourth-order valence-corrected chi connectivity index (χ4v) is 6.34. The van der Waals surface area contributed by atoms with Crippen LogP contribution >= 0.6 is 0 Å². The van der Waals surface area contributed by atoms with Crippen molar-refractivity contribution in [3.8, 4) is 0 Å². The van der Waals surface area contributed by atoms with Gasteiger partial charge in [-0.15, -0.1) is 0 Å². The molecule has 0 fully saturated rings. The number of nitrogens with two attached hydrogens (primary N) is 1. The van der Waals surface area contributed by atoms with E-state index in [4.69, 9.17) is 21.2 Å². The van der Waals surface area contributed by atoms with Gasteiger partial charge in [-0.2, -0.15) is 0 Å². The van der Waals surface area contributed by atoms with E-state index in [9.17, 15) is 18.0 Å². The van der Waals surface area contributed by atoms with Gasteiger partial charge in [0.25, 0.3) is 10.0 Å². The molecule has 0 saturated heterocycles. The number of aromatic nitrogens is 2. The van der Waals surface area contributed by atoms with Gasteiger partial charge in [-0.25, -0.2) is 13.4 Å². The molecule has 232 valence electrons. The minimum atomic E-state index is -3.91. The molecule has 12 nitrogen and oxygen atoms in total. The number of amidine groups is 1. The Hall–Kier alpha value is -4.75. The van der Waals surface area contributed by atoms with Gasteiger partial charge in [0.05, 0.1) is 21.6 Å². The number of nitrogens with one attached hydrogen (secondary N) is 2. The van der Waals surface area contributed by atoms with Crippen molar-refractivity contribution in [2.24, 2.45) is 5.73 Å². The van der Waals surface area contributed by atoms with Gasteiger partial charge in [0.15, 0.2) is 0 Å². The quantitative estimate of drug-likeness (QED) is 0.116. The van der Waals surface area contributed by atoms with Crippen molar-refractivity contribution in [2.45, 2.75) is 31.7 Å². The molecule has 0 atom stereocenters. The molecule has 0 aliphatic rings. The highest BCUT2D eigenvalue weighted by Crippen LogP contribution is 2.28. The number of carbonyl (C=O) groups excluding carboxylic acids is 1. The van der Waals surface area contributed by atoms with Crippen LogP contribution in [0.25, 0.3) is 11.0 Å². The number of carboxylic acids is 1. The number of anilines is 1. The number of sulfonamides is 1. The van der Waals surface area contributed by atoms with Gasteiger partial charge in [-0.05, 0) is 49.0 Å². The second-order valence-electron chi connectivity index (χ2n) is 10.2. The van der Waals surface area contributed by atoms with Crippen molar-refractivity contribution in [1.82, 2.24) is 19.8 Å². The monoisotopic (exact) mass is 619 g/mol. The first kappa shape index (κ1) is 32.2. The van der Waals surface area contributed by atoms with Crippen LogP contribution in [0.1, 0.15) is 30.8 Å². The SMILES string of the molecule is CCN(CC)CCN(c1ccc2c(c1)nc(Cc1ccc(C(=N)N)cc1)n2CC(=O)NCC(=O)O)S(=O)(=O)c1ccccc1. The third-order valence-corrected chi connectivity index (χ3v) is 9.15. The molecule has 1 heterocycles. The summed E-state index contributed by atoms with van der Waals surface area (Å²) in [7, 11) is -3.91. The predicted octanol–water partition coefficient (Wildman–Crippen LogP) is 2.65. The van der Waals surface area contributed by atoms with Gasteiger partial charge in [0.1, 0.15) is 24.7 Å². The normalized spacial score (nSPS) is 11.5. The summed E-state index contributed by atoms with van der Waals surface area (Å²) in [6.45, 7) is 5.66. The number of likely N-dealkylation sites (N-methyl/N-ethyl adjacent to an activating group) is 1. The molecule has 0 spiro atoms. The van der Waals surface area contributed by atoms with E-state index in [1.165, 1.54) is 4.31 Å². The number of fused-ring (bicyclic) bond motifs is 1. The zero-order chi connectivity index (χ0) is 31.9. The molecule has 0 unspecified atom stereocenters. The standard InChI is InChI=1S/C31H37N7O5S/c1-3-36(4-2)16-17-38(44(42,43)25-8-6-5-7-9-25)24-14-15-27-26(19-24)35-28(37(27)21-29(39)34-20-30(40)41)18-22-10-12-23(13-11-22)31(32)33/h5-15,19H,3-4,16-18,20-21H2,1-2H3,(H3,32,33)(H,34,39)(H,40,41). The molecule has 0 aliphatic heterocycles. The third-order valence-electron chi connectivity index (χ3n) is 7.31. The molecule has 1 amide bonds. The first-order valence-corrected chi connectivity index (χ1v) is 15.7. The maximum absolute atomic E-state index is 13.9. The number of benzene rings is 3. The van der Waals surface area contributed by atoms with Crippen LogP contribution in [0.5, 0.6) is 0 Å². The second-order valence-corrected chi connectivity index (χ2v) is 12.0. The molecule has 0 bridgehead atoms. The van der Waals surface area contributed by atoms with E-state index in [-0.39, 0.29) is 23.8 Å². The summed E-state index contributed by atoms with van der Waals surface area (Å²) in [6, 6.07) is 20.5. The van der Waals surface area contributed by atoms with Crippen molar-refractivity contribution in [3.05, 3.63) is 89.7 Å². The molecule has 1 aromatic heterocycles. The lowest BCUT2D eigenvalue weighted by molar-refractivity contribution is -0.138. The highest BCUT2D eigenvalue weighted by Gasteiger charge is 2.26. The van der Waals surface area contributed by atoms with Gasteiger partial charge in [-0.1, -0.05) is 56.3 Å². The summed E-state index contributed by atoms with van der Waals surface area (Å²) >= 11 is 0. The van der Waals surface area contributed by atoms with Crippen LogP contribution in [0.2, 0.25) is 0 Å². The van der Waals surface area contributed by atoms with Gasteiger partial charge >= 0.3 is 5.97 Å². The fraction of sp³-hybridized carbons (Fsp3) is 0.290. The Labute approximate surface area is 256 Å². The van der Waals surface area contributed by atoms with Crippen LogP contribution in [0.3, 0.4) is 0 Å². The van der Waals surface area contributed by atoms with Crippen molar-refractivity contribution in [2.75, 3.05) is 37.0 Å². The number of carbonyl (C=O) groups is 2. The molecule has 44 heavy (non-hydrogen) atoms. The van der Waals surface area contributed by atoms with E-state index in [0.29, 0.717) is 41.1 Å². The summed E-state index contributed by atoms with van der Waals surface area (Å²) < 4.78 is 30.8. The van der Waals surface area contributed by atoms with Crippen LogP contribution in [0, 0.1) is 5.41 Å². The topological polar surface area (TPSA) is 175 Å². The van der Waals surface area contributed by atoms with Gasteiger partial charge in [0, 0.05) is 25.1 Å². The number of carboxylic acid groups (broad SMARTS) is 1. The molecule has 0 saturated carbocycles. The Morgan fingerprint density at radius 2 is 1.68 bits per heavy atom. The maximum Gasteiger partial charge on any atom is 0.322 e. The van der Waals surface area contributed by atoms with Crippen LogP contribution in [-0.4, -0.2) is 78.4 Å². The van der Waals surface area contributed by atoms with Crippen molar-refractivity contribution >= 4 is 44.5 Å². The van der Waals surface area contributed by atoms with E-state index in [1.807, 2.05) is 26.0 Å². The number of imidazole rings is 1. The number of amides is 1. The number of rotatable bonds is 15. The minimum absolute atomic E-state index is 0.0533. The Kier molecular flexibility index (Phi) is 10.3. The lowest BCUT2D eigenvalue weighted by Gasteiger charge is -2.27. The minimum Gasteiger partial charge on any atom is -0.480 e. The highest BCUT2D eigenvalue weighted by molar-refractivity contribution is 7.92. The van der Waals surface area contributed by atoms with Gasteiger partial charge in [-0.3, -0.25) is 19.3 Å². The Balaban J connectivity index is 1.77. The Morgan fingerprint density at radius 3 is 2.30 bits per heavy atom. The molecule has 0 aliphatic carbocycles. The molecule has 4 aromatic rings. The zero-order valence-corrected chi connectivity index (χ0v) is 25.5. The van der Waals surface area contributed by atoms with E-state index >= 15 is 0 Å². The fourth-order valence-electron chi connectivity index (χ4n) is 4.87. The van der Waals surface area contributed by atoms with Crippen molar-refractivity contribution in [1.29, 1.82) is 5.41 Å². The van der Waals surface area contributed by atoms with Crippen LogP contribution in [0.4, 0.5) is 5.69 Å². The molecule has 4 rings (SSSR count). The van der Waals surface area contributed by atoms with Crippen molar-refractivity contribution < 1.29 is 23.1 Å². The van der Waals surface area contributed by atoms with Crippen LogP contribution in [0.15, 0.2) is 77.7 Å². The lowest BCUT2D eigenvalue weighted by Crippen LogP contribution is -2.38. The first-order valence-electron chi connectivity index (χ1n) is 14.2. The number of nitrogens with zero attached hydrogens (tertiary/aromatic N) is 4. The molecular formula is C31H37N7O5S. The Bertz CT molecular complexity index is 1730. The number of hydrogen-bond acceptors (Lipinski definition) is 7. The van der Waals surface area contributed by atoms with E-state index in [1.54, 1.807) is 65.2 Å². The largest absolute Gasteiger partial charge is 0.480 e. The van der Waals surface area contributed by atoms with Crippen molar-refractivity contribution in [3.63, 3.8) is 0 Å². The first-order chi connectivity index (χ1) is 21.0. The summed E-state index contributed by atoms with van der Waals surface area (Å²) in [6.07, 6.45) is 0.322. The second kappa shape index (κ2) is 14.1. The Morgan fingerprint density at radius 1 is 1.00 bits per heavy atom. The summed E-state index contributed by atoms with van der Waals surface area (Å²) in [5.74, 6) is -1.19. The molecule has 0 radical (unpaired) electrons. The third kappa shape index (κ3) is 7.60. The zero-order valence-electron chi connectivity index (χ0n) is 24.7. The number of aliphatic carboxylic acids is 1. The summed E-state index contributed by atoms with van der Waals surface area (Å²) in [5, 5.41) is 19.0. The smallest absolute Gasteiger partial charge is 0.322 e. The molecule has 13 heteroatoms. The average Bonchev–Trinajstić information content (AvgIpc) is 3.34. The van der Waals surface area contributed by atoms with Gasteiger partial charge in [0.2, 0.25) is 5.91 Å². The van der Waals surface area contributed by atoms with Crippen LogP contribution in [-0.2, 0) is 32.6 Å². The molecule has 5 N–H and O–H groups in total. The highest BCUT2D eigenvalue weighted by atomic mass is 32.2. The summed E-state index contributed by atoms with van der Waals surface area (Å²) in [4.78, 5) is 30.8. The molecular weight excluding hydrogens is 582 g/mol. The maximum atomic E-state index is 13.9. The average molecular weight is 620 g/mol. The van der Waals surface area contributed by atoms with Crippen LogP contribution < -0.4 is 15.4 Å². The summed E-state index contributed by atoms with van der Waals surface area (Å²) in [5.41, 5.74) is 8.53. The number of nitrogen functional groups attached to an aromatic ring is 1.